The molecule has 224 valence electrons. The lowest BCUT2D eigenvalue weighted by Crippen LogP contribution is -2.41. The molecule has 0 spiro atoms. The summed E-state index contributed by atoms with van der Waals surface area (Å²) in [6.45, 7) is 4.61. The molecule has 3 aromatic carbocycles. The first kappa shape index (κ1) is 31.8. The average molecular weight is 622 g/mol. The highest BCUT2D eigenvalue weighted by Gasteiger charge is 2.19. The molecule has 8 nitrogen and oxygen atoms in total. The van der Waals surface area contributed by atoms with E-state index in [0.717, 1.165) is 16.7 Å². The Morgan fingerprint density at radius 2 is 1.74 bits per heavy atom. The molecule has 0 bridgehead atoms. The fraction of sp³-hybridized carbons (Fsp3) is 0.242. The first-order valence-electron chi connectivity index (χ1n) is 13.8. The molecular weight excluding hydrogens is 587 g/mol. The molecule has 0 aromatic heterocycles. The molecule has 0 aliphatic heterocycles. The first-order valence-corrected chi connectivity index (χ1v) is 14.5. The lowest BCUT2D eigenvalue weighted by Gasteiger charge is -2.20. The van der Waals surface area contributed by atoms with Crippen LogP contribution >= 0.6 is 23.2 Å². The Morgan fingerprint density at radius 3 is 2.42 bits per heavy atom. The van der Waals surface area contributed by atoms with E-state index < -0.39 is 11.9 Å². The maximum absolute atomic E-state index is 12.0. The second-order valence-corrected chi connectivity index (χ2v) is 11.3. The second kappa shape index (κ2) is 14.9. The Balaban J connectivity index is 1.57. The number of carbonyl (C=O) groups is 1. The van der Waals surface area contributed by atoms with Crippen molar-refractivity contribution in [1.82, 2.24) is 5.32 Å². The zero-order valence-corrected chi connectivity index (χ0v) is 25.5. The van der Waals surface area contributed by atoms with Crippen molar-refractivity contribution in [2.24, 2.45) is 16.8 Å². The van der Waals surface area contributed by atoms with Crippen LogP contribution in [0, 0.1) is 11.3 Å². The highest BCUT2D eigenvalue weighted by atomic mass is 35.5. The number of allylic oxidation sites excluding steroid dienone is 2. The first-order chi connectivity index (χ1) is 20.7. The van der Waals surface area contributed by atoms with Crippen molar-refractivity contribution >= 4 is 40.5 Å². The summed E-state index contributed by atoms with van der Waals surface area (Å²) in [4.78, 5) is 12.0. The van der Waals surface area contributed by atoms with Crippen LogP contribution in [0.1, 0.15) is 31.4 Å². The number of benzene rings is 3. The van der Waals surface area contributed by atoms with Gasteiger partial charge in [-0.15, -0.1) is 0 Å². The van der Waals surface area contributed by atoms with Gasteiger partial charge in [-0.05, 0) is 41.7 Å². The minimum Gasteiger partial charge on any atom is -0.488 e. The zero-order valence-electron chi connectivity index (χ0n) is 23.9. The zero-order chi connectivity index (χ0) is 30.9. The SMILES string of the molecule is CC(C)C[C@H](NCc1cc(Cl)c(OCc2cccc(-c3ccccc3)c2Cl)cc1OCC1=CC(=N)/C(=N\O)C=C1)C(N)=O. The van der Waals surface area contributed by atoms with E-state index in [9.17, 15) is 4.79 Å². The Bertz CT molecular complexity index is 1570. The average Bonchev–Trinajstić information content (AvgIpc) is 2.99. The monoisotopic (exact) mass is 620 g/mol. The van der Waals surface area contributed by atoms with E-state index in [0.29, 0.717) is 39.1 Å². The number of halogens is 2. The number of nitrogens with zero attached hydrogens (tertiary/aromatic N) is 1. The van der Waals surface area contributed by atoms with Crippen molar-refractivity contribution in [2.45, 2.75) is 39.5 Å². The summed E-state index contributed by atoms with van der Waals surface area (Å²) in [5.41, 5.74) is 9.96. The molecule has 1 aliphatic rings. The predicted molar refractivity (Wildman–Crippen MR) is 172 cm³/mol. The van der Waals surface area contributed by atoms with Gasteiger partial charge in [0.05, 0.1) is 21.8 Å². The molecule has 3 aromatic rings. The van der Waals surface area contributed by atoms with Gasteiger partial charge in [0.1, 0.15) is 30.4 Å². The molecule has 4 rings (SSSR count). The topological polar surface area (TPSA) is 130 Å². The van der Waals surface area contributed by atoms with Gasteiger partial charge < -0.3 is 25.7 Å². The van der Waals surface area contributed by atoms with Gasteiger partial charge in [0.2, 0.25) is 5.91 Å². The van der Waals surface area contributed by atoms with E-state index in [4.69, 9.17) is 49.0 Å². The van der Waals surface area contributed by atoms with E-state index >= 15 is 0 Å². The number of hydrogen-bond donors (Lipinski definition) is 4. The molecule has 0 radical (unpaired) electrons. The van der Waals surface area contributed by atoms with Crippen molar-refractivity contribution in [1.29, 1.82) is 5.41 Å². The van der Waals surface area contributed by atoms with Gasteiger partial charge in [-0.1, -0.05) is 96.8 Å². The second-order valence-electron chi connectivity index (χ2n) is 10.5. The third-order valence-corrected chi connectivity index (χ3v) is 7.56. The molecule has 1 aliphatic carbocycles. The van der Waals surface area contributed by atoms with Crippen LogP contribution in [0.5, 0.6) is 11.5 Å². The van der Waals surface area contributed by atoms with Crippen molar-refractivity contribution in [2.75, 3.05) is 6.61 Å². The summed E-state index contributed by atoms with van der Waals surface area (Å²) in [6, 6.07) is 18.6. The Morgan fingerprint density at radius 1 is 1.00 bits per heavy atom. The Hall–Kier alpha value is -4.11. The summed E-state index contributed by atoms with van der Waals surface area (Å²) in [6.07, 6.45) is 5.40. The molecule has 0 unspecified atom stereocenters. The minimum atomic E-state index is -0.526. The molecule has 0 fully saturated rings. The van der Waals surface area contributed by atoms with Crippen molar-refractivity contribution in [3.63, 3.8) is 0 Å². The summed E-state index contributed by atoms with van der Waals surface area (Å²) in [7, 11) is 0. The summed E-state index contributed by atoms with van der Waals surface area (Å²) < 4.78 is 12.3. The smallest absolute Gasteiger partial charge is 0.234 e. The largest absolute Gasteiger partial charge is 0.488 e. The number of nitrogens with two attached hydrogens (primary N) is 1. The molecule has 0 saturated heterocycles. The third-order valence-electron chi connectivity index (χ3n) is 6.81. The summed E-state index contributed by atoms with van der Waals surface area (Å²) in [5, 5.41) is 24.3. The lowest BCUT2D eigenvalue weighted by molar-refractivity contribution is -0.120. The highest BCUT2D eigenvalue weighted by molar-refractivity contribution is 6.50. The number of nitrogens with one attached hydrogen (secondary N) is 2. The molecule has 0 saturated carbocycles. The molecule has 1 atom stereocenters. The number of rotatable bonds is 13. The maximum Gasteiger partial charge on any atom is 0.234 e. The van der Waals surface area contributed by atoms with Crippen LogP contribution in [-0.2, 0) is 17.9 Å². The molecule has 0 heterocycles. The third kappa shape index (κ3) is 8.47. The summed E-state index contributed by atoms with van der Waals surface area (Å²) >= 11 is 13.4. The number of oxime groups is 1. The fourth-order valence-electron chi connectivity index (χ4n) is 4.57. The van der Waals surface area contributed by atoms with Crippen molar-refractivity contribution < 1.29 is 19.5 Å². The van der Waals surface area contributed by atoms with Gasteiger partial charge in [-0.2, -0.15) is 0 Å². The van der Waals surface area contributed by atoms with Crippen LogP contribution in [-0.4, -0.2) is 35.2 Å². The number of ether oxygens (including phenoxy) is 2. The van der Waals surface area contributed by atoms with Crippen LogP contribution in [0.2, 0.25) is 10.0 Å². The van der Waals surface area contributed by atoms with Crippen LogP contribution in [0.25, 0.3) is 11.1 Å². The lowest BCUT2D eigenvalue weighted by atomic mass is 10.0. The van der Waals surface area contributed by atoms with Crippen LogP contribution < -0.4 is 20.5 Å². The molecule has 10 heteroatoms. The van der Waals surface area contributed by atoms with E-state index in [1.54, 1.807) is 24.3 Å². The van der Waals surface area contributed by atoms with Gasteiger partial charge in [-0.3, -0.25) is 10.2 Å². The number of primary amides is 1. The van der Waals surface area contributed by atoms with Crippen molar-refractivity contribution in [3.8, 4) is 22.6 Å². The number of hydrogen-bond acceptors (Lipinski definition) is 7. The molecule has 43 heavy (non-hydrogen) atoms. The minimum absolute atomic E-state index is 0.0678. The van der Waals surface area contributed by atoms with E-state index in [1.807, 2.05) is 62.4 Å². The van der Waals surface area contributed by atoms with E-state index in [2.05, 4.69) is 10.5 Å². The van der Waals surface area contributed by atoms with Gasteiger partial charge in [0.15, 0.2) is 0 Å². The van der Waals surface area contributed by atoms with Gasteiger partial charge >= 0.3 is 0 Å². The van der Waals surface area contributed by atoms with E-state index in [-0.39, 0.29) is 37.1 Å². The number of carbonyl (C=O) groups excluding carboxylic acids is 1. The normalized spacial score (nSPS) is 14.6. The van der Waals surface area contributed by atoms with Crippen LogP contribution in [0.3, 0.4) is 0 Å². The van der Waals surface area contributed by atoms with Gasteiger partial charge in [0, 0.05) is 29.3 Å². The van der Waals surface area contributed by atoms with Crippen LogP contribution in [0.4, 0.5) is 0 Å². The quantitative estimate of drug-likeness (QED) is 0.0932. The molecule has 5 N–H and O–H groups in total. The van der Waals surface area contributed by atoms with Crippen LogP contribution in [0.15, 0.2) is 89.6 Å². The summed E-state index contributed by atoms with van der Waals surface area (Å²) in [5.74, 6) is 0.700. The molecular formula is C33H34Cl2N4O4. The Labute approximate surface area is 261 Å². The maximum atomic E-state index is 12.0. The van der Waals surface area contributed by atoms with Gasteiger partial charge in [0.25, 0.3) is 0 Å². The fourth-order valence-corrected chi connectivity index (χ4v) is 5.10. The van der Waals surface area contributed by atoms with Crippen molar-refractivity contribution in [3.05, 3.63) is 106 Å². The predicted octanol–water partition coefficient (Wildman–Crippen LogP) is 6.95. The standard InChI is InChI=1S/C33H34Cl2N4O4/c1-20(2)13-29(33(37)40)38-17-24-15-26(34)31(16-30(24)42-18-21-11-12-28(39-41)27(36)14-21)43-19-23-9-6-10-25(32(23)35)22-7-4-3-5-8-22/h3-12,14-16,20,29,36,38,41H,13,17-19H2,1-2H3,(H2,37,40)/b36-27?,39-28-/t29-/m0/s1. The van der Waals surface area contributed by atoms with E-state index in [1.165, 1.54) is 6.08 Å². The number of amides is 1. The highest BCUT2D eigenvalue weighted by Crippen LogP contribution is 2.36. The Kier molecular flexibility index (Phi) is 11.0. The molecule has 1 amide bonds. The van der Waals surface area contributed by atoms with Gasteiger partial charge in [-0.25, -0.2) is 0 Å².